The van der Waals surface area contributed by atoms with Gasteiger partial charge in [0.1, 0.15) is 5.82 Å². The van der Waals surface area contributed by atoms with Crippen molar-refractivity contribution in [1.82, 2.24) is 4.98 Å². The first-order valence-electron chi connectivity index (χ1n) is 4.57. The summed E-state index contributed by atoms with van der Waals surface area (Å²) >= 11 is 1.00. The van der Waals surface area contributed by atoms with Crippen molar-refractivity contribution in [1.29, 1.82) is 1.34 Å². The maximum atomic E-state index is 6.77. The lowest BCUT2D eigenvalue weighted by Crippen LogP contribution is -1.98. The van der Waals surface area contributed by atoms with E-state index >= 15 is 0 Å². The Balaban J connectivity index is 2.62. The van der Waals surface area contributed by atoms with Crippen LogP contribution in [0.2, 0.25) is 0 Å². The first-order chi connectivity index (χ1) is 6.76. The fraction of sp³-hybridized carbons (Fsp3) is 0.375. The normalized spacial score (nSPS) is 11.0. The van der Waals surface area contributed by atoms with E-state index < -0.39 is 0 Å². The zero-order chi connectivity index (χ0) is 10.4. The molecule has 2 N–H and O–H groups in total. The smallest absolute Gasteiger partial charge is 0.209 e. The average molecular weight is 197 g/mol. The second-order valence-electron chi connectivity index (χ2n) is 2.60. The van der Waals surface area contributed by atoms with Crippen LogP contribution < -0.4 is 5.73 Å². The van der Waals surface area contributed by atoms with Gasteiger partial charge >= 0.3 is 0 Å². The van der Waals surface area contributed by atoms with E-state index in [0.29, 0.717) is 12.4 Å². The Labute approximate surface area is 84.9 Å². The molecule has 0 aliphatic heterocycles. The number of nitrogens with two attached hydrogens (primary N) is 1. The van der Waals surface area contributed by atoms with Crippen molar-refractivity contribution >= 4 is 24.8 Å². The summed E-state index contributed by atoms with van der Waals surface area (Å²) in [5.41, 5.74) is 7.57. The Bertz CT molecular complexity index is 301. The highest BCUT2D eigenvalue weighted by Crippen LogP contribution is 2.11. The minimum absolute atomic E-state index is 0.444. The second kappa shape index (κ2) is 5.14. The van der Waals surface area contributed by atoms with Gasteiger partial charge in [-0.15, -0.1) is 0 Å². The minimum atomic E-state index is 0.444. The monoisotopic (exact) mass is 197 g/mol. The lowest BCUT2D eigenvalue weighted by molar-refractivity contribution is 0.369. The van der Waals surface area contributed by atoms with Gasteiger partial charge in [-0.1, -0.05) is 18.8 Å². The van der Waals surface area contributed by atoms with Gasteiger partial charge in [0.15, 0.2) is 0 Å². The third kappa shape index (κ3) is 3.28. The number of aryl methyl sites for hydroxylation is 1. The molecule has 0 spiro atoms. The highest BCUT2D eigenvalue weighted by Gasteiger charge is 1.99. The van der Waals surface area contributed by atoms with Crippen molar-refractivity contribution in [2.24, 2.45) is 0 Å². The van der Waals surface area contributed by atoms with E-state index in [-0.39, 0.29) is 0 Å². The highest BCUT2D eigenvalue weighted by atomic mass is 32.2. The molecule has 1 radical (unpaired) electrons. The van der Waals surface area contributed by atoms with Crippen molar-refractivity contribution in [3.63, 3.8) is 0 Å². The zero-order valence-corrected chi connectivity index (χ0v) is 8.30. The first-order valence-corrected chi connectivity index (χ1v) is 4.80. The maximum absolute atomic E-state index is 6.77. The van der Waals surface area contributed by atoms with Crippen LogP contribution in [0.3, 0.4) is 0 Å². The summed E-state index contributed by atoms with van der Waals surface area (Å²) in [6.45, 7) is 2.47. The van der Waals surface area contributed by atoms with E-state index in [1.807, 2.05) is 13.0 Å². The molecule has 0 saturated heterocycles. The molecule has 0 bridgehead atoms. The average Bonchev–Trinajstić information content (AvgIpc) is 2.17. The standard InChI is InChI=1S/C8H12BN2OS/c1-2-7-3-6(5-12-13-9)4-8(10)11-7/h3-4,9H,2,5H2,1H3,(H2,10,11)/i9T. The van der Waals surface area contributed by atoms with Crippen LogP contribution >= 0.6 is 11.9 Å². The number of anilines is 1. The van der Waals surface area contributed by atoms with Crippen molar-refractivity contribution in [2.45, 2.75) is 20.0 Å². The lowest BCUT2D eigenvalue weighted by atomic mass is 10.2. The van der Waals surface area contributed by atoms with Gasteiger partial charge in [0.05, 0.1) is 6.61 Å². The number of nitrogen functional groups attached to an aromatic ring is 1. The molecule has 0 unspecified atom stereocenters. The molecular weight excluding hydrogens is 183 g/mol. The van der Waals surface area contributed by atoms with Crippen LogP contribution in [-0.4, -0.2) is 13.4 Å². The van der Waals surface area contributed by atoms with Crippen molar-refractivity contribution in [2.75, 3.05) is 5.73 Å². The van der Waals surface area contributed by atoms with Crippen LogP contribution in [0.15, 0.2) is 12.1 Å². The lowest BCUT2D eigenvalue weighted by Gasteiger charge is -2.04. The Morgan fingerprint density at radius 2 is 2.62 bits per heavy atom. The van der Waals surface area contributed by atoms with E-state index in [1.165, 1.54) is 0 Å². The molecule has 3 nitrogen and oxygen atoms in total. The van der Waals surface area contributed by atoms with Gasteiger partial charge < -0.3 is 9.92 Å². The molecule has 1 heterocycles. The van der Waals surface area contributed by atoms with Crippen molar-refractivity contribution in [3.8, 4) is 0 Å². The molecule has 0 saturated carbocycles. The summed E-state index contributed by atoms with van der Waals surface area (Å²) in [4.78, 5) is 4.15. The Morgan fingerprint density at radius 1 is 1.77 bits per heavy atom. The molecule has 1 aromatic heterocycles. The fourth-order valence-corrected chi connectivity index (χ4v) is 1.25. The molecule has 1 rings (SSSR count). The quantitative estimate of drug-likeness (QED) is 0.437. The molecule has 0 amide bonds. The predicted octanol–water partition coefficient (Wildman–Crippen LogP) is 1.21. The molecule has 5 heteroatoms. The molecule has 1 aromatic rings. The van der Waals surface area contributed by atoms with E-state index in [2.05, 4.69) is 4.98 Å². The SMILES string of the molecule is [3H][B]SOCc1cc(N)nc(CC)c1. The number of rotatable bonds is 5. The summed E-state index contributed by atoms with van der Waals surface area (Å²) in [6, 6.07) is 3.74. The number of pyridine rings is 1. The van der Waals surface area contributed by atoms with Crippen LogP contribution in [-0.2, 0) is 17.2 Å². The Kier molecular flexibility index (Phi) is 3.52. The van der Waals surface area contributed by atoms with Gasteiger partial charge in [0, 0.05) is 5.69 Å². The molecule has 0 aliphatic carbocycles. The zero-order valence-electron chi connectivity index (χ0n) is 8.49. The highest BCUT2D eigenvalue weighted by molar-refractivity contribution is 8.15. The van der Waals surface area contributed by atoms with Crippen LogP contribution in [0.25, 0.3) is 0 Å². The molecule has 0 fully saturated rings. The third-order valence-electron chi connectivity index (χ3n) is 1.61. The fourth-order valence-electron chi connectivity index (χ4n) is 1.04. The van der Waals surface area contributed by atoms with E-state index in [1.54, 1.807) is 6.07 Å². The summed E-state index contributed by atoms with van der Waals surface area (Å²) in [7, 11) is 1.14. The molecule has 0 atom stereocenters. The summed E-state index contributed by atoms with van der Waals surface area (Å²) in [5.74, 6) is 0.516. The number of nitrogens with zero attached hydrogens (tertiary/aromatic N) is 1. The van der Waals surface area contributed by atoms with Crippen LogP contribution in [0, 0.1) is 0 Å². The largest absolute Gasteiger partial charge is 0.384 e. The predicted molar refractivity (Wildman–Crippen MR) is 57.6 cm³/mol. The van der Waals surface area contributed by atoms with Gasteiger partial charge in [-0.05, 0) is 25.5 Å². The second-order valence-corrected chi connectivity index (χ2v) is 3.03. The summed E-state index contributed by atoms with van der Waals surface area (Å²) in [5, 5.41) is 0. The molecule has 69 valence electrons. The molecule has 0 aromatic carbocycles. The van der Waals surface area contributed by atoms with Crippen molar-refractivity contribution in [3.05, 3.63) is 23.4 Å². The summed E-state index contributed by atoms with van der Waals surface area (Å²) in [6.07, 6.45) is 0.857. The van der Waals surface area contributed by atoms with E-state index in [9.17, 15) is 0 Å². The third-order valence-corrected chi connectivity index (χ3v) is 1.87. The summed E-state index contributed by atoms with van der Waals surface area (Å²) < 4.78 is 11.9. The Morgan fingerprint density at radius 3 is 3.31 bits per heavy atom. The maximum Gasteiger partial charge on any atom is 0.209 e. The molecular formula is C8H12BN2OS. The van der Waals surface area contributed by atoms with Crippen LogP contribution in [0.1, 0.15) is 18.2 Å². The van der Waals surface area contributed by atoms with Gasteiger partial charge in [0.2, 0.25) is 7.09 Å². The number of hydrogen-bond acceptors (Lipinski definition) is 4. The van der Waals surface area contributed by atoms with Gasteiger partial charge in [0.25, 0.3) is 0 Å². The van der Waals surface area contributed by atoms with Gasteiger partial charge in [-0.3, -0.25) is 0 Å². The minimum Gasteiger partial charge on any atom is -0.384 e. The number of aromatic nitrogens is 1. The molecule has 0 aliphatic rings. The van der Waals surface area contributed by atoms with Gasteiger partial charge in [-0.2, -0.15) is 0 Å². The number of hydrogen-bond donors (Lipinski definition) is 1. The van der Waals surface area contributed by atoms with Crippen LogP contribution in [0.5, 0.6) is 0 Å². The van der Waals surface area contributed by atoms with Gasteiger partial charge in [-0.25, -0.2) is 4.98 Å². The van der Waals surface area contributed by atoms with E-state index in [0.717, 1.165) is 36.7 Å². The van der Waals surface area contributed by atoms with Crippen molar-refractivity contribution < 1.29 is 4.18 Å². The Hall–Kier alpha value is -0.675. The first kappa shape index (κ1) is 8.90. The van der Waals surface area contributed by atoms with E-state index in [4.69, 9.17) is 11.3 Å². The molecule has 13 heavy (non-hydrogen) atoms. The topological polar surface area (TPSA) is 48.1 Å². The van der Waals surface area contributed by atoms with Crippen LogP contribution in [0.4, 0.5) is 5.82 Å².